The molecule has 108 heavy (non-hydrogen) atoms. The number of carbonyl (C=O) groups is 6. The molecule has 568 valence electrons. The van der Waals surface area contributed by atoms with E-state index in [-0.39, 0.29) is 84.1 Å². The average Bonchev–Trinajstić information content (AvgIpc) is 0.763. The molecule has 24 nitrogen and oxygen atoms in total. The van der Waals surface area contributed by atoms with E-state index in [4.69, 9.17) is 28.4 Å². The van der Waals surface area contributed by atoms with E-state index < -0.39 is 16.8 Å². The van der Waals surface area contributed by atoms with Gasteiger partial charge in [-0.15, -0.1) is 0 Å². The molecule has 0 aliphatic carbocycles. The highest BCUT2D eigenvalue weighted by atomic mass is 16.6. The number of nitrogens with zero attached hydrogens (tertiary/aromatic N) is 9. The van der Waals surface area contributed by atoms with Crippen LogP contribution in [0.15, 0.2) is 167 Å². The fraction of sp³-hybridized carbons (Fsp3) is 0.440. The summed E-state index contributed by atoms with van der Waals surface area (Å²) < 4.78 is 35.0. The van der Waals surface area contributed by atoms with Crippen molar-refractivity contribution in [2.75, 3.05) is 54.2 Å². The number of hydrazone groups is 3. The quantitative estimate of drug-likeness (QED) is 0.114. The molecule has 2 fully saturated rings. The second-order valence-corrected chi connectivity index (χ2v) is 32.0. The van der Waals surface area contributed by atoms with Gasteiger partial charge < -0.3 is 57.8 Å². The van der Waals surface area contributed by atoms with Crippen molar-refractivity contribution >= 4 is 76.1 Å². The van der Waals surface area contributed by atoms with Crippen LogP contribution in [-0.4, -0.2) is 161 Å². The molecule has 0 saturated carbocycles. The first kappa shape index (κ1) is 75.3. The van der Waals surface area contributed by atoms with Gasteiger partial charge in [-0.05, 0) is 222 Å². The Labute approximate surface area is 632 Å². The van der Waals surface area contributed by atoms with Gasteiger partial charge in [0, 0.05) is 37.8 Å². The van der Waals surface area contributed by atoms with Crippen LogP contribution in [0.3, 0.4) is 0 Å². The molecule has 9 heterocycles. The lowest BCUT2D eigenvalue weighted by Gasteiger charge is -2.41. The van der Waals surface area contributed by atoms with Crippen molar-refractivity contribution in [1.82, 2.24) is 31.0 Å². The first-order chi connectivity index (χ1) is 51.6. The van der Waals surface area contributed by atoms with E-state index in [1.165, 1.54) is 27.8 Å². The van der Waals surface area contributed by atoms with Gasteiger partial charge in [0.15, 0.2) is 17.5 Å². The summed E-state index contributed by atoms with van der Waals surface area (Å²) in [5.74, 6) is 4.44. The van der Waals surface area contributed by atoms with E-state index in [0.717, 1.165) is 90.4 Å². The summed E-state index contributed by atoms with van der Waals surface area (Å²) in [7, 11) is 0. The van der Waals surface area contributed by atoms with Crippen LogP contribution < -0.4 is 45.2 Å². The highest BCUT2D eigenvalue weighted by molar-refractivity contribution is 6.11. The lowest BCUT2D eigenvalue weighted by atomic mass is 9.83. The molecule has 2 saturated heterocycles. The highest BCUT2D eigenvalue weighted by Crippen LogP contribution is 2.45. The van der Waals surface area contributed by atoms with Crippen molar-refractivity contribution in [3.8, 4) is 17.2 Å². The Morgan fingerprint density at radius 3 is 1.16 bits per heavy atom. The second kappa shape index (κ2) is 31.5. The van der Waals surface area contributed by atoms with Gasteiger partial charge in [0.25, 0.3) is 17.7 Å². The average molecular weight is 1470 g/mol. The largest absolute Gasteiger partial charge is 0.483 e. The molecule has 0 unspecified atom stereocenters. The van der Waals surface area contributed by atoms with E-state index in [0.29, 0.717) is 63.4 Å². The summed E-state index contributed by atoms with van der Waals surface area (Å²) in [6, 6.07) is 48.2. The first-order valence-corrected chi connectivity index (χ1v) is 37.7. The summed E-state index contributed by atoms with van der Waals surface area (Å²) in [5, 5.41) is 12.6. The SMILES string of the molecule is C[C@@H]1C(=O)NN=C2COc3ccc(C4=CCN(C(=O)OC(C)(C)C)[C@H](Cc5ccccc5)C4)cc3N21.C[C@@H]1C(=O)NN=C2COc3ccc([C@@H]4CCN(C(=O)OC(C)(C)C)[C@H](Cc5ccccc5)C4)cc3N21.C[C@@H]1C(=O)NN=C2COc3ccc([C@H]4CCN(C(=O)OC(C)(C)C)[C@H](Cc5ccccc5)C4)cc3N21. The molecular formula is C84H100N12O12. The predicted octanol–water partition coefficient (Wildman–Crippen LogP) is 13.2. The van der Waals surface area contributed by atoms with Gasteiger partial charge in [0.1, 0.15) is 72.0 Å². The molecule has 3 N–H and O–H groups in total. The minimum Gasteiger partial charge on any atom is -0.483 e. The van der Waals surface area contributed by atoms with Crippen molar-refractivity contribution in [1.29, 1.82) is 0 Å². The monoisotopic (exact) mass is 1470 g/mol. The number of carbonyl (C=O) groups excluding carboxylic acids is 6. The van der Waals surface area contributed by atoms with E-state index in [9.17, 15) is 28.8 Å². The molecule has 9 aliphatic rings. The number of amides is 6. The minimum absolute atomic E-state index is 0.0186. The Morgan fingerprint density at radius 1 is 0.444 bits per heavy atom. The third-order valence-corrected chi connectivity index (χ3v) is 20.8. The number of fused-ring (bicyclic) bond motifs is 9. The number of likely N-dealkylation sites (tertiary alicyclic amines) is 2. The highest BCUT2D eigenvalue weighted by Gasteiger charge is 2.43. The summed E-state index contributed by atoms with van der Waals surface area (Å²) >= 11 is 0. The van der Waals surface area contributed by atoms with Gasteiger partial charge in [-0.2, -0.15) is 15.3 Å². The number of hydrogen-bond donors (Lipinski definition) is 3. The number of piperidine rings is 2. The minimum atomic E-state index is -0.562. The van der Waals surface area contributed by atoms with Gasteiger partial charge in [0.2, 0.25) is 0 Å². The fourth-order valence-corrected chi connectivity index (χ4v) is 15.5. The number of benzene rings is 6. The third-order valence-electron chi connectivity index (χ3n) is 20.8. The van der Waals surface area contributed by atoms with Crippen molar-refractivity contribution in [3.63, 3.8) is 0 Å². The van der Waals surface area contributed by atoms with E-state index in [1.54, 1.807) is 0 Å². The van der Waals surface area contributed by atoms with E-state index in [1.807, 2.05) is 191 Å². The van der Waals surface area contributed by atoms with Crippen molar-refractivity contribution in [2.24, 2.45) is 15.3 Å². The Hall–Kier alpha value is -10.9. The zero-order valence-electron chi connectivity index (χ0n) is 63.9. The molecule has 6 aromatic rings. The lowest BCUT2D eigenvalue weighted by Crippen LogP contribution is -2.55. The Bertz CT molecular complexity index is 4290. The van der Waals surface area contributed by atoms with Gasteiger partial charge in [-0.1, -0.05) is 115 Å². The maximum atomic E-state index is 13.1. The van der Waals surface area contributed by atoms with E-state index >= 15 is 0 Å². The van der Waals surface area contributed by atoms with Crippen molar-refractivity contribution in [3.05, 3.63) is 185 Å². The van der Waals surface area contributed by atoms with Crippen molar-refractivity contribution in [2.45, 2.75) is 199 Å². The lowest BCUT2D eigenvalue weighted by molar-refractivity contribution is -0.123. The number of amidine groups is 3. The summed E-state index contributed by atoms with van der Waals surface area (Å²) in [6.07, 6.45) is 7.55. The molecule has 0 radical (unpaired) electrons. The molecular weight excluding hydrogens is 1370 g/mol. The molecule has 0 spiro atoms. The smallest absolute Gasteiger partial charge is 0.410 e. The predicted molar refractivity (Wildman–Crippen MR) is 416 cm³/mol. The van der Waals surface area contributed by atoms with Crippen LogP contribution >= 0.6 is 0 Å². The Balaban J connectivity index is 0.000000143. The molecule has 6 aromatic carbocycles. The summed E-state index contributed by atoms with van der Waals surface area (Å²) in [4.78, 5) is 87.7. The zero-order chi connectivity index (χ0) is 76.3. The number of hydrogen-bond acceptors (Lipinski definition) is 18. The van der Waals surface area contributed by atoms with Crippen molar-refractivity contribution < 1.29 is 57.2 Å². The first-order valence-electron chi connectivity index (χ1n) is 37.7. The maximum absolute atomic E-state index is 13.1. The normalized spacial score (nSPS) is 22.9. The molecule has 9 aliphatic heterocycles. The van der Waals surface area contributed by atoms with Crippen LogP contribution in [-0.2, 0) is 47.9 Å². The number of rotatable bonds is 9. The van der Waals surface area contributed by atoms with Gasteiger partial charge >= 0.3 is 18.3 Å². The van der Waals surface area contributed by atoms with Crippen LogP contribution in [0.2, 0.25) is 0 Å². The second-order valence-electron chi connectivity index (χ2n) is 32.0. The van der Waals surface area contributed by atoms with Crippen LogP contribution in [0.5, 0.6) is 17.2 Å². The van der Waals surface area contributed by atoms with Gasteiger partial charge in [0.05, 0.1) is 17.1 Å². The zero-order valence-corrected chi connectivity index (χ0v) is 63.9. The summed E-state index contributed by atoms with van der Waals surface area (Å²) in [5.41, 5.74) is 16.8. The van der Waals surface area contributed by atoms with Gasteiger partial charge in [-0.3, -0.25) is 14.4 Å². The molecule has 15 rings (SSSR count). The number of anilines is 3. The van der Waals surface area contributed by atoms with Crippen LogP contribution in [0.1, 0.15) is 160 Å². The molecule has 0 bridgehead atoms. The van der Waals surface area contributed by atoms with Crippen LogP contribution in [0.4, 0.5) is 31.4 Å². The third kappa shape index (κ3) is 17.4. The number of nitrogens with one attached hydrogen (secondary N) is 3. The van der Waals surface area contributed by atoms with Crippen LogP contribution in [0.25, 0.3) is 5.57 Å². The Kier molecular flexibility index (Phi) is 22.0. The van der Waals surface area contributed by atoms with Crippen LogP contribution in [0, 0.1) is 0 Å². The molecule has 24 heteroatoms. The topological polar surface area (TPSA) is 250 Å². The fourth-order valence-electron chi connectivity index (χ4n) is 15.5. The maximum Gasteiger partial charge on any atom is 0.410 e. The summed E-state index contributed by atoms with van der Waals surface area (Å²) in [6.45, 7) is 25.3. The Morgan fingerprint density at radius 2 is 0.787 bits per heavy atom. The molecule has 8 atom stereocenters. The van der Waals surface area contributed by atoms with E-state index in [2.05, 4.69) is 104 Å². The molecule has 0 aromatic heterocycles. The number of ether oxygens (including phenoxy) is 6. The van der Waals surface area contributed by atoms with Gasteiger partial charge in [-0.25, -0.2) is 30.7 Å². The molecule has 6 amide bonds. The standard InChI is InChI=1S/2C28H34N4O4.C28H32N4O4/c3*1-18-26(33)30-29-25-17-35-24-11-10-20(16-23(24)32(18)25)21-12-13-31(27(34)36-28(2,3)4)22(15-21)14-19-8-6-5-7-9-19/h2*5-11,16,18,21-22H,12-15,17H2,1-4H3,(H,30,33);5-12,16,18,22H,13-15,17H2,1-4H3,(H,30,33)/t18-,21+,22-;18-,21-,22-;18-,22-/m111/s1.